The van der Waals surface area contributed by atoms with Crippen molar-refractivity contribution < 1.29 is 9.53 Å². The number of nitrogens with one attached hydrogen (secondary N) is 1. The van der Waals surface area contributed by atoms with E-state index in [1.54, 1.807) is 11.4 Å². The van der Waals surface area contributed by atoms with Gasteiger partial charge in [0.2, 0.25) is 0 Å². The molecule has 104 valence electrons. The fourth-order valence-corrected chi connectivity index (χ4v) is 3.15. The maximum Gasteiger partial charge on any atom is 0.266 e. The molecule has 0 atom stereocenters. The zero-order valence-electron chi connectivity index (χ0n) is 11.1. The Hall–Kier alpha value is -1.98. The number of carbonyl (C=O) groups excluding carboxylic acids is 1. The number of ether oxygens (including phenoxy) is 1. The van der Waals surface area contributed by atoms with Gasteiger partial charge in [0.15, 0.2) is 6.61 Å². The molecule has 0 saturated heterocycles. The van der Waals surface area contributed by atoms with Gasteiger partial charge in [-0.3, -0.25) is 4.79 Å². The summed E-state index contributed by atoms with van der Waals surface area (Å²) in [6.45, 7) is -0.0721. The molecule has 1 fully saturated rings. The maximum absolute atomic E-state index is 12.4. The van der Waals surface area contributed by atoms with Gasteiger partial charge in [-0.1, -0.05) is 25.2 Å². The van der Waals surface area contributed by atoms with E-state index >= 15 is 0 Å². The van der Waals surface area contributed by atoms with Crippen LogP contribution in [0, 0.1) is 23.7 Å². The van der Waals surface area contributed by atoms with Gasteiger partial charge in [0.25, 0.3) is 5.91 Å². The largest absolute Gasteiger partial charge is 0.477 e. The van der Waals surface area contributed by atoms with E-state index in [1.807, 2.05) is 6.07 Å². The number of nitriles is 1. The molecule has 1 heterocycles. The van der Waals surface area contributed by atoms with E-state index in [4.69, 9.17) is 16.4 Å². The van der Waals surface area contributed by atoms with Crippen LogP contribution in [0.4, 0.5) is 0 Å². The van der Waals surface area contributed by atoms with Gasteiger partial charge in [0, 0.05) is 0 Å². The number of rotatable bonds is 4. The quantitative estimate of drug-likeness (QED) is 0.866. The molecule has 0 unspecified atom stereocenters. The first-order chi connectivity index (χ1) is 9.71. The van der Waals surface area contributed by atoms with Crippen LogP contribution in [-0.2, 0) is 0 Å². The Morgan fingerprint density at radius 1 is 1.50 bits per heavy atom. The molecule has 0 bridgehead atoms. The lowest BCUT2D eigenvalue weighted by molar-refractivity contribution is 0.0905. The van der Waals surface area contributed by atoms with Crippen LogP contribution >= 0.6 is 11.3 Å². The Bertz CT molecular complexity index is 559. The average Bonchev–Trinajstić information content (AvgIpc) is 2.94. The molecule has 0 aliphatic heterocycles. The number of amides is 1. The Balaban J connectivity index is 2.10. The third kappa shape index (κ3) is 3.12. The maximum atomic E-state index is 12.4. The summed E-state index contributed by atoms with van der Waals surface area (Å²) in [5.41, 5.74) is -0.536. The van der Waals surface area contributed by atoms with Crippen LogP contribution in [0.5, 0.6) is 5.75 Å². The molecule has 20 heavy (non-hydrogen) atoms. The van der Waals surface area contributed by atoms with Gasteiger partial charge >= 0.3 is 0 Å². The first-order valence-electron chi connectivity index (χ1n) is 6.58. The summed E-state index contributed by atoms with van der Waals surface area (Å²) < 4.78 is 5.24. The van der Waals surface area contributed by atoms with Gasteiger partial charge in [0.05, 0.1) is 0 Å². The van der Waals surface area contributed by atoms with Crippen LogP contribution < -0.4 is 10.1 Å². The summed E-state index contributed by atoms with van der Waals surface area (Å²) in [6, 6.07) is 3.59. The summed E-state index contributed by atoms with van der Waals surface area (Å²) in [6.07, 6.45) is 10.5. The highest BCUT2D eigenvalue weighted by molar-refractivity contribution is 7.12. The van der Waals surface area contributed by atoms with Gasteiger partial charge in [-0.05, 0) is 24.3 Å². The van der Waals surface area contributed by atoms with Gasteiger partial charge in [0.1, 0.15) is 22.2 Å². The summed E-state index contributed by atoms with van der Waals surface area (Å²) in [5, 5.41) is 13.3. The molecular weight excluding hydrogens is 272 g/mol. The number of carbonyl (C=O) groups is 1. The Morgan fingerprint density at radius 2 is 2.25 bits per heavy atom. The molecule has 1 saturated carbocycles. The minimum absolute atomic E-state index is 0.0721. The van der Waals surface area contributed by atoms with Crippen LogP contribution in [0.3, 0.4) is 0 Å². The molecule has 1 N–H and O–H groups in total. The second-order valence-electron chi connectivity index (χ2n) is 4.80. The van der Waals surface area contributed by atoms with Crippen molar-refractivity contribution in [2.45, 2.75) is 37.6 Å². The Kier molecular flexibility index (Phi) is 4.65. The zero-order valence-corrected chi connectivity index (χ0v) is 12.0. The zero-order chi connectivity index (χ0) is 14.4. The van der Waals surface area contributed by atoms with Gasteiger partial charge < -0.3 is 10.1 Å². The van der Waals surface area contributed by atoms with E-state index in [0.29, 0.717) is 10.6 Å². The van der Waals surface area contributed by atoms with Crippen molar-refractivity contribution in [3.8, 4) is 24.2 Å². The molecule has 2 rings (SSSR count). The van der Waals surface area contributed by atoms with Gasteiger partial charge in [-0.25, -0.2) is 0 Å². The standard InChI is InChI=1S/C15H16N2O2S/c1-2-15(7-4-3-5-8-15)17-14(18)13-12(6-11-20-13)19-10-9-16/h1,6,11H,3-5,7-8,10H2,(H,17,18). The molecule has 1 aromatic heterocycles. The molecule has 1 aliphatic carbocycles. The molecule has 1 aliphatic rings. The highest BCUT2D eigenvalue weighted by atomic mass is 32.1. The first-order valence-corrected chi connectivity index (χ1v) is 7.46. The monoisotopic (exact) mass is 288 g/mol. The smallest absolute Gasteiger partial charge is 0.266 e. The molecule has 5 heteroatoms. The lowest BCUT2D eigenvalue weighted by Gasteiger charge is -2.33. The number of thiophene rings is 1. The van der Waals surface area contributed by atoms with Crippen molar-refractivity contribution in [1.29, 1.82) is 5.26 Å². The van der Waals surface area contributed by atoms with Gasteiger partial charge in [-0.2, -0.15) is 5.26 Å². The van der Waals surface area contributed by atoms with Crippen LogP contribution in [0.1, 0.15) is 41.8 Å². The van der Waals surface area contributed by atoms with E-state index < -0.39 is 5.54 Å². The highest BCUT2D eigenvalue weighted by Crippen LogP contribution is 2.30. The van der Waals surface area contributed by atoms with E-state index in [2.05, 4.69) is 11.2 Å². The lowest BCUT2D eigenvalue weighted by Crippen LogP contribution is -2.48. The number of hydrogen-bond acceptors (Lipinski definition) is 4. The molecule has 0 radical (unpaired) electrons. The van der Waals surface area contributed by atoms with E-state index in [9.17, 15) is 4.79 Å². The van der Waals surface area contributed by atoms with E-state index in [0.717, 1.165) is 32.1 Å². The molecular formula is C15H16N2O2S. The fraction of sp³-hybridized carbons (Fsp3) is 0.467. The van der Waals surface area contributed by atoms with Crippen LogP contribution in [0.2, 0.25) is 0 Å². The van der Waals surface area contributed by atoms with Crippen molar-refractivity contribution >= 4 is 17.2 Å². The summed E-state index contributed by atoms with van der Waals surface area (Å²) in [4.78, 5) is 12.8. The van der Waals surface area contributed by atoms with E-state index in [-0.39, 0.29) is 12.5 Å². The highest BCUT2D eigenvalue weighted by Gasteiger charge is 2.32. The fourth-order valence-electron chi connectivity index (χ4n) is 2.42. The van der Waals surface area contributed by atoms with Crippen molar-refractivity contribution in [3.63, 3.8) is 0 Å². The Labute approximate surface area is 122 Å². The third-order valence-electron chi connectivity index (χ3n) is 3.46. The molecule has 0 aromatic carbocycles. The molecule has 0 spiro atoms. The van der Waals surface area contributed by atoms with E-state index in [1.165, 1.54) is 11.3 Å². The minimum Gasteiger partial charge on any atom is -0.477 e. The van der Waals surface area contributed by atoms with Crippen LogP contribution in [0.25, 0.3) is 0 Å². The second kappa shape index (κ2) is 6.45. The van der Waals surface area contributed by atoms with Gasteiger partial charge in [-0.15, -0.1) is 17.8 Å². The normalized spacial score (nSPS) is 16.7. The number of nitrogens with zero attached hydrogens (tertiary/aromatic N) is 1. The lowest BCUT2D eigenvalue weighted by atomic mass is 9.82. The molecule has 1 amide bonds. The van der Waals surface area contributed by atoms with Crippen molar-refractivity contribution in [2.24, 2.45) is 0 Å². The summed E-state index contributed by atoms with van der Waals surface area (Å²) in [5.74, 6) is 2.98. The number of hydrogen-bond donors (Lipinski definition) is 1. The van der Waals surface area contributed by atoms with Crippen LogP contribution in [-0.4, -0.2) is 18.1 Å². The Morgan fingerprint density at radius 3 is 2.90 bits per heavy atom. The van der Waals surface area contributed by atoms with Crippen molar-refractivity contribution in [2.75, 3.05) is 6.61 Å². The van der Waals surface area contributed by atoms with Crippen molar-refractivity contribution in [1.82, 2.24) is 5.32 Å². The summed E-state index contributed by atoms with van der Waals surface area (Å²) in [7, 11) is 0. The average molecular weight is 288 g/mol. The predicted molar refractivity (Wildman–Crippen MR) is 77.5 cm³/mol. The third-order valence-corrected chi connectivity index (χ3v) is 4.36. The molecule has 1 aromatic rings. The topological polar surface area (TPSA) is 62.1 Å². The minimum atomic E-state index is -0.536. The molecule has 4 nitrogen and oxygen atoms in total. The predicted octanol–water partition coefficient (Wildman–Crippen LogP) is 2.72. The van der Waals surface area contributed by atoms with Crippen molar-refractivity contribution in [3.05, 3.63) is 16.3 Å². The SMILES string of the molecule is C#CC1(NC(=O)c2sccc2OCC#N)CCCCC1. The number of terminal acetylenes is 1. The first kappa shape index (κ1) is 14.4. The summed E-state index contributed by atoms with van der Waals surface area (Å²) >= 11 is 1.29. The second-order valence-corrected chi connectivity index (χ2v) is 5.72. The van der Waals surface area contributed by atoms with Crippen LogP contribution in [0.15, 0.2) is 11.4 Å².